The molecule has 0 bridgehead atoms. The highest BCUT2D eigenvalue weighted by molar-refractivity contribution is 5.54. The molecule has 0 aromatic carbocycles. The fraction of sp³-hybridized carbons (Fsp3) is 0.667. The Labute approximate surface area is 122 Å². The molecular weight excluding hydrogens is 252 g/mol. The lowest BCUT2D eigenvalue weighted by molar-refractivity contribution is 0.306. The molecule has 0 saturated carbocycles. The minimum Gasteiger partial charge on any atom is -0.476 e. The average Bonchev–Trinajstić information content (AvgIpc) is 2.39. The van der Waals surface area contributed by atoms with E-state index in [4.69, 9.17) is 10.5 Å². The van der Waals surface area contributed by atoms with E-state index in [9.17, 15) is 0 Å². The van der Waals surface area contributed by atoms with E-state index < -0.39 is 0 Å². The van der Waals surface area contributed by atoms with Gasteiger partial charge in [0.25, 0.3) is 0 Å². The molecule has 1 atom stereocenters. The molecule has 1 aromatic heterocycles. The van der Waals surface area contributed by atoms with Crippen LogP contribution in [0.3, 0.4) is 0 Å². The van der Waals surface area contributed by atoms with E-state index in [1.165, 1.54) is 0 Å². The molecule has 1 aromatic rings. The molecule has 0 aliphatic rings. The third kappa shape index (κ3) is 4.56. The van der Waals surface area contributed by atoms with E-state index in [1.54, 1.807) is 0 Å². The number of hydrogen-bond acceptors (Lipinski definition) is 5. The number of likely N-dealkylation sites (N-methyl/N-ethyl adjacent to an activating group) is 2. The van der Waals surface area contributed by atoms with Crippen molar-refractivity contribution in [2.75, 3.05) is 44.4 Å². The maximum Gasteiger partial charge on any atom is 0.239 e. The third-order valence-electron chi connectivity index (χ3n) is 3.11. The Balaban J connectivity index is 2.91. The molecule has 1 heterocycles. The number of nitrogen functional groups attached to an aromatic ring is 1. The molecular formula is C15H28N4O. The van der Waals surface area contributed by atoms with Gasteiger partial charge >= 0.3 is 0 Å². The summed E-state index contributed by atoms with van der Waals surface area (Å²) in [7, 11) is 4.16. The van der Waals surface area contributed by atoms with Crippen molar-refractivity contribution >= 4 is 11.5 Å². The molecule has 0 radical (unpaired) electrons. The quantitative estimate of drug-likeness (QED) is 0.791. The highest BCUT2D eigenvalue weighted by Gasteiger charge is 2.16. The molecule has 2 N–H and O–H groups in total. The lowest BCUT2D eigenvalue weighted by Gasteiger charge is -2.31. The molecule has 0 fully saturated rings. The normalized spacial score (nSPS) is 12.5. The van der Waals surface area contributed by atoms with Gasteiger partial charge in [0.15, 0.2) is 0 Å². The summed E-state index contributed by atoms with van der Waals surface area (Å²) < 4.78 is 5.61. The summed E-state index contributed by atoms with van der Waals surface area (Å²) >= 11 is 0. The fourth-order valence-corrected chi connectivity index (χ4v) is 2.24. The Morgan fingerprint density at radius 2 is 2.00 bits per heavy atom. The zero-order valence-corrected chi connectivity index (χ0v) is 13.4. The van der Waals surface area contributed by atoms with Crippen molar-refractivity contribution in [2.24, 2.45) is 0 Å². The summed E-state index contributed by atoms with van der Waals surface area (Å²) in [6.07, 6.45) is 0.944. The number of anilines is 2. The molecule has 0 saturated heterocycles. The molecule has 1 unspecified atom stereocenters. The van der Waals surface area contributed by atoms with E-state index >= 15 is 0 Å². The van der Waals surface area contributed by atoms with Crippen LogP contribution in [0.5, 0.6) is 5.88 Å². The summed E-state index contributed by atoms with van der Waals surface area (Å²) in [5.74, 6) is 1.46. The van der Waals surface area contributed by atoms with Crippen LogP contribution in [-0.4, -0.2) is 49.7 Å². The monoisotopic (exact) mass is 280 g/mol. The van der Waals surface area contributed by atoms with Gasteiger partial charge in [-0.15, -0.1) is 0 Å². The van der Waals surface area contributed by atoms with Gasteiger partial charge in [-0.3, -0.25) is 0 Å². The van der Waals surface area contributed by atoms with Crippen molar-refractivity contribution in [1.29, 1.82) is 0 Å². The molecule has 0 spiro atoms. The van der Waals surface area contributed by atoms with E-state index in [0.29, 0.717) is 24.2 Å². The predicted octanol–water partition coefficient (Wildman–Crippen LogP) is 2.23. The number of nitrogens with two attached hydrogens (primary N) is 1. The van der Waals surface area contributed by atoms with Gasteiger partial charge in [0, 0.05) is 19.1 Å². The van der Waals surface area contributed by atoms with Crippen LogP contribution in [0, 0.1) is 0 Å². The first kappa shape index (κ1) is 16.6. The zero-order chi connectivity index (χ0) is 15.1. The van der Waals surface area contributed by atoms with Gasteiger partial charge < -0.3 is 20.3 Å². The van der Waals surface area contributed by atoms with Crippen LogP contribution in [0.25, 0.3) is 0 Å². The Morgan fingerprint density at radius 3 is 2.55 bits per heavy atom. The lowest BCUT2D eigenvalue weighted by Crippen LogP contribution is -2.40. The molecule has 0 aliphatic carbocycles. The van der Waals surface area contributed by atoms with Gasteiger partial charge in [0.1, 0.15) is 5.82 Å². The molecule has 20 heavy (non-hydrogen) atoms. The van der Waals surface area contributed by atoms with Crippen molar-refractivity contribution in [3.05, 3.63) is 12.1 Å². The van der Waals surface area contributed by atoms with Crippen LogP contribution in [0.2, 0.25) is 0 Å². The van der Waals surface area contributed by atoms with Gasteiger partial charge in [-0.1, -0.05) is 6.92 Å². The molecule has 0 amide bonds. The summed E-state index contributed by atoms with van der Waals surface area (Å²) in [5, 5.41) is 0. The maximum absolute atomic E-state index is 5.91. The van der Waals surface area contributed by atoms with Crippen molar-refractivity contribution in [3.63, 3.8) is 0 Å². The summed E-state index contributed by atoms with van der Waals surface area (Å²) in [6, 6.07) is 4.22. The number of pyridine rings is 1. The Bertz CT molecular complexity index is 409. The van der Waals surface area contributed by atoms with Gasteiger partial charge in [0.05, 0.1) is 12.3 Å². The second-order valence-corrected chi connectivity index (χ2v) is 5.31. The van der Waals surface area contributed by atoms with E-state index in [1.807, 2.05) is 12.1 Å². The second-order valence-electron chi connectivity index (χ2n) is 5.31. The first-order valence-corrected chi connectivity index (χ1v) is 7.30. The fourth-order valence-electron chi connectivity index (χ4n) is 2.24. The smallest absolute Gasteiger partial charge is 0.239 e. The average molecular weight is 280 g/mol. The van der Waals surface area contributed by atoms with Crippen LogP contribution in [0.4, 0.5) is 11.5 Å². The van der Waals surface area contributed by atoms with Crippen molar-refractivity contribution in [1.82, 2.24) is 9.88 Å². The van der Waals surface area contributed by atoms with Gasteiger partial charge in [0.2, 0.25) is 5.88 Å². The standard InChI is InChI=1S/C15H28N4O/c1-6-10-20-15-13(16)8-9-14(17-15)19(7-2)12(3)11-18(4)5/h8-9,12H,6-7,10-11,16H2,1-5H3. The maximum atomic E-state index is 5.91. The number of aromatic nitrogens is 1. The molecule has 114 valence electrons. The van der Waals surface area contributed by atoms with Crippen LogP contribution in [0.1, 0.15) is 27.2 Å². The number of rotatable bonds is 8. The molecule has 1 rings (SSSR count). The third-order valence-corrected chi connectivity index (χ3v) is 3.11. The number of nitrogens with zero attached hydrogens (tertiary/aromatic N) is 3. The SMILES string of the molecule is CCCOc1nc(N(CC)C(C)CN(C)C)ccc1N. The highest BCUT2D eigenvalue weighted by Crippen LogP contribution is 2.24. The van der Waals surface area contributed by atoms with E-state index in [2.05, 4.69) is 49.7 Å². The summed E-state index contributed by atoms with van der Waals surface area (Å²) in [5.41, 5.74) is 6.51. The second kappa shape index (κ2) is 7.94. The Morgan fingerprint density at radius 1 is 1.30 bits per heavy atom. The van der Waals surface area contributed by atoms with Crippen LogP contribution < -0.4 is 15.4 Å². The van der Waals surface area contributed by atoms with Gasteiger partial charge in [-0.2, -0.15) is 4.98 Å². The van der Waals surface area contributed by atoms with Gasteiger partial charge in [-0.05, 0) is 46.5 Å². The van der Waals surface area contributed by atoms with Crippen LogP contribution >= 0.6 is 0 Å². The van der Waals surface area contributed by atoms with Gasteiger partial charge in [-0.25, -0.2) is 0 Å². The largest absolute Gasteiger partial charge is 0.476 e. The molecule has 5 nitrogen and oxygen atoms in total. The topological polar surface area (TPSA) is 54.6 Å². The molecule has 0 aliphatic heterocycles. The van der Waals surface area contributed by atoms with E-state index in [-0.39, 0.29) is 0 Å². The Kier molecular flexibility index (Phi) is 6.58. The number of ether oxygens (including phenoxy) is 1. The summed E-state index contributed by atoms with van der Waals surface area (Å²) in [4.78, 5) is 9.01. The van der Waals surface area contributed by atoms with Crippen LogP contribution in [-0.2, 0) is 0 Å². The molecule has 5 heteroatoms. The predicted molar refractivity (Wildman–Crippen MR) is 85.5 cm³/mol. The highest BCUT2D eigenvalue weighted by atomic mass is 16.5. The van der Waals surface area contributed by atoms with Crippen molar-refractivity contribution in [2.45, 2.75) is 33.2 Å². The minimum atomic E-state index is 0.380. The zero-order valence-electron chi connectivity index (χ0n) is 13.4. The summed E-state index contributed by atoms with van der Waals surface area (Å²) in [6.45, 7) is 8.92. The minimum absolute atomic E-state index is 0.380. The first-order chi connectivity index (χ1) is 9.49. The van der Waals surface area contributed by atoms with Crippen molar-refractivity contribution < 1.29 is 4.74 Å². The van der Waals surface area contributed by atoms with E-state index in [0.717, 1.165) is 25.3 Å². The number of hydrogen-bond donors (Lipinski definition) is 1. The van der Waals surface area contributed by atoms with Crippen molar-refractivity contribution in [3.8, 4) is 5.88 Å². The first-order valence-electron chi connectivity index (χ1n) is 7.30. The van der Waals surface area contributed by atoms with Crippen LogP contribution in [0.15, 0.2) is 12.1 Å². The Hall–Kier alpha value is -1.49. The lowest BCUT2D eigenvalue weighted by atomic mass is 10.2.